The molecular weight excluding hydrogens is 358 g/mol. The fourth-order valence-electron chi connectivity index (χ4n) is 3.60. The van der Waals surface area contributed by atoms with Crippen LogP contribution in [0.1, 0.15) is 25.3 Å². The Hall–Kier alpha value is -2.53. The van der Waals surface area contributed by atoms with Gasteiger partial charge in [-0.1, -0.05) is 55.8 Å². The number of ether oxygens (including phenoxy) is 1. The predicted octanol–water partition coefficient (Wildman–Crippen LogP) is 4.77. The van der Waals surface area contributed by atoms with E-state index in [0.717, 1.165) is 41.6 Å². The van der Waals surface area contributed by atoms with E-state index in [2.05, 4.69) is 6.92 Å². The van der Waals surface area contributed by atoms with E-state index in [4.69, 9.17) is 4.74 Å². The first-order valence-electron chi connectivity index (χ1n) is 9.38. The van der Waals surface area contributed by atoms with Crippen molar-refractivity contribution in [2.75, 3.05) is 17.5 Å². The second kappa shape index (κ2) is 7.24. The van der Waals surface area contributed by atoms with E-state index in [-0.39, 0.29) is 0 Å². The topological polar surface area (TPSA) is 46.6 Å². The van der Waals surface area contributed by atoms with Gasteiger partial charge in [-0.15, -0.1) is 0 Å². The molecule has 5 heteroatoms. The van der Waals surface area contributed by atoms with Crippen molar-refractivity contribution in [3.05, 3.63) is 66.2 Å². The number of nitrogens with zero attached hydrogens (tertiary/aromatic N) is 1. The number of anilines is 1. The molecule has 0 unspecified atom stereocenters. The lowest BCUT2D eigenvalue weighted by molar-refractivity contribution is 0.313. The molecule has 0 fully saturated rings. The van der Waals surface area contributed by atoms with Crippen LogP contribution in [0.5, 0.6) is 5.75 Å². The monoisotopic (exact) mass is 381 g/mol. The zero-order valence-electron chi connectivity index (χ0n) is 15.4. The van der Waals surface area contributed by atoms with Crippen molar-refractivity contribution in [2.24, 2.45) is 0 Å². The molecule has 1 heterocycles. The Kier molecular flexibility index (Phi) is 4.79. The van der Waals surface area contributed by atoms with Gasteiger partial charge < -0.3 is 4.74 Å². The summed E-state index contributed by atoms with van der Waals surface area (Å²) >= 11 is 0. The van der Waals surface area contributed by atoms with Gasteiger partial charge in [-0.25, -0.2) is 8.42 Å². The molecule has 1 aliphatic heterocycles. The second-order valence-corrected chi connectivity index (χ2v) is 8.60. The molecule has 0 atom stereocenters. The number of sulfonamides is 1. The fourth-order valence-corrected chi connectivity index (χ4v) is 5.30. The maximum Gasteiger partial charge on any atom is 0.264 e. The molecule has 4 rings (SSSR count). The highest BCUT2D eigenvalue weighted by Gasteiger charge is 2.32. The van der Waals surface area contributed by atoms with Crippen LogP contribution < -0.4 is 9.04 Å². The predicted molar refractivity (Wildman–Crippen MR) is 109 cm³/mol. The van der Waals surface area contributed by atoms with Gasteiger partial charge in [0.25, 0.3) is 10.0 Å². The Balaban J connectivity index is 1.79. The Morgan fingerprint density at radius 2 is 1.70 bits per heavy atom. The number of rotatable bonds is 6. The Morgan fingerprint density at radius 3 is 2.52 bits per heavy atom. The van der Waals surface area contributed by atoms with Crippen molar-refractivity contribution in [1.29, 1.82) is 0 Å². The second-order valence-electron chi connectivity index (χ2n) is 6.77. The van der Waals surface area contributed by atoms with E-state index < -0.39 is 10.0 Å². The summed E-state index contributed by atoms with van der Waals surface area (Å²) in [4.78, 5) is 0.331. The van der Waals surface area contributed by atoms with Crippen molar-refractivity contribution in [3.8, 4) is 5.75 Å². The van der Waals surface area contributed by atoms with Crippen LogP contribution in [0, 0.1) is 0 Å². The fraction of sp³-hybridized carbons (Fsp3) is 0.273. The smallest absolute Gasteiger partial charge is 0.264 e. The van der Waals surface area contributed by atoms with Crippen LogP contribution in [0.15, 0.2) is 65.6 Å². The summed E-state index contributed by atoms with van der Waals surface area (Å²) in [5.41, 5.74) is 1.86. The average molecular weight is 381 g/mol. The number of para-hydroxylation sites is 1. The maximum absolute atomic E-state index is 13.5. The minimum atomic E-state index is -3.64. The third kappa shape index (κ3) is 3.16. The number of benzene rings is 3. The molecule has 3 aromatic rings. The first-order chi connectivity index (χ1) is 13.1. The summed E-state index contributed by atoms with van der Waals surface area (Å²) < 4.78 is 34.4. The van der Waals surface area contributed by atoms with E-state index >= 15 is 0 Å². The molecule has 0 aromatic heterocycles. The van der Waals surface area contributed by atoms with Gasteiger partial charge in [-0.05, 0) is 36.6 Å². The van der Waals surface area contributed by atoms with Crippen LogP contribution in [-0.2, 0) is 16.4 Å². The highest BCUT2D eigenvalue weighted by molar-refractivity contribution is 7.93. The lowest BCUT2D eigenvalue weighted by Gasteiger charge is -2.21. The molecule has 4 nitrogen and oxygen atoms in total. The van der Waals surface area contributed by atoms with Crippen LogP contribution in [0.25, 0.3) is 10.8 Å². The SMILES string of the molecule is CCCCOc1ccc(S(=O)(=O)N2CCc3ccccc32)c2ccccc12. The lowest BCUT2D eigenvalue weighted by atomic mass is 10.1. The van der Waals surface area contributed by atoms with Gasteiger partial charge in [0, 0.05) is 17.3 Å². The minimum Gasteiger partial charge on any atom is -0.493 e. The van der Waals surface area contributed by atoms with Crippen molar-refractivity contribution < 1.29 is 13.2 Å². The molecule has 0 bridgehead atoms. The van der Waals surface area contributed by atoms with E-state index in [1.54, 1.807) is 12.1 Å². The molecule has 3 aromatic carbocycles. The molecule has 0 amide bonds. The van der Waals surface area contributed by atoms with Gasteiger partial charge in [0.2, 0.25) is 0 Å². The first-order valence-corrected chi connectivity index (χ1v) is 10.8. The number of hydrogen-bond donors (Lipinski definition) is 0. The molecular formula is C22H23NO3S. The third-order valence-corrected chi connectivity index (χ3v) is 6.88. The summed E-state index contributed by atoms with van der Waals surface area (Å²) in [7, 11) is -3.64. The van der Waals surface area contributed by atoms with E-state index in [9.17, 15) is 8.42 Å². The molecule has 0 N–H and O–H groups in total. The molecule has 0 spiro atoms. The number of fused-ring (bicyclic) bond motifs is 2. The standard InChI is InChI=1S/C22H23NO3S/c1-2-3-16-26-21-12-13-22(19-10-6-5-9-18(19)21)27(24,25)23-15-14-17-8-4-7-11-20(17)23/h4-13H,2-3,14-16H2,1H3. The Labute approximate surface area is 160 Å². The van der Waals surface area contributed by atoms with Crippen LogP contribution in [-0.4, -0.2) is 21.6 Å². The largest absolute Gasteiger partial charge is 0.493 e. The molecule has 0 radical (unpaired) electrons. The third-order valence-electron chi connectivity index (χ3n) is 5.01. The van der Waals surface area contributed by atoms with Crippen molar-refractivity contribution in [2.45, 2.75) is 31.1 Å². The zero-order valence-corrected chi connectivity index (χ0v) is 16.2. The molecule has 27 heavy (non-hydrogen) atoms. The summed E-state index contributed by atoms with van der Waals surface area (Å²) in [6.07, 6.45) is 2.77. The van der Waals surface area contributed by atoms with Crippen LogP contribution >= 0.6 is 0 Å². The quantitative estimate of drug-likeness (QED) is 0.578. The van der Waals surface area contributed by atoms with Crippen molar-refractivity contribution in [3.63, 3.8) is 0 Å². The van der Waals surface area contributed by atoms with Crippen molar-refractivity contribution >= 4 is 26.5 Å². The number of hydrogen-bond acceptors (Lipinski definition) is 3. The van der Waals surface area contributed by atoms with E-state index in [0.29, 0.717) is 23.4 Å². The average Bonchev–Trinajstić information content (AvgIpc) is 3.13. The highest BCUT2D eigenvalue weighted by atomic mass is 32.2. The van der Waals surface area contributed by atoms with E-state index in [1.807, 2.05) is 48.5 Å². The summed E-state index contributed by atoms with van der Waals surface area (Å²) in [6, 6.07) is 18.7. The normalized spacial score (nSPS) is 13.7. The molecule has 0 saturated carbocycles. The molecule has 0 saturated heterocycles. The number of unbranched alkanes of at least 4 members (excludes halogenated alkanes) is 1. The zero-order chi connectivity index (χ0) is 18.9. The summed E-state index contributed by atoms with van der Waals surface area (Å²) in [5.74, 6) is 0.736. The summed E-state index contributed by atoms with van der Waals surface area (Å²) in [5, 5.41) is 1.54. The van der Waals surface area contributed by atoms with Gasteiger partial charge in [0.1, 0.15) is 5.75 Å². The van der Waals surface area contributed by atoms with Crippen LogP contribution in [0.4, 0.5) is 5.69 Å². The highest BCUT2D eigenvalue weighted by Crippen LogP contribution is 2.37. The molecule has 1 aliphatic rings. The minimum absolute atomic E-state index is 0.331. The van der Waals surface area contributed by atoms with Crippen LogP contribution in [0.2, 0.25) is 0 Å². The van der Waals surface area contributed by atoms with Crippen molar-refractivity contribution in [1.82, 2.24) is 0 Å². The van der Waals surface area contributed by atoms with Gasteiger partial charge in [0.05, 0.1) is 17.2 Å². The van der Waals surface area contributed by atoms with Gasteiger partial charge in [-0.2, -0.15) is 0 Å². The maximum atomic E-state index is 13.5. The first kappa shape index (κ1) is 17.9. The van der Waals surface area contributed by atoms with E-state index in [1.165, 1.54) is 4.31 Å². The summed E-state index contributed by atoms with van der Waals surface area (Å²) in [6.45, 7) is 3.22. The van der Waals surface area contributed by atoms with Gasteiger partial charge >= 0.3 is 0 Å². The Morgan fingerprint density at radius 1 is 0.963 bits per heavy atom. The van der Waals surface area contributed by atoms with Gasteiger partial charge in [-0.3, -0.25) is 4.31 Å². The molecule has 0 aliphatic carbocycles. The van der Waals surface area contributed by atoms with Crippen LogP contribution in [0.3, 0.4) is 0 Å². The molecule has 140 valence electrons. The lowest BCUT2D eigenvalue weighted by Crippen LogP contribution is -2.29. The van der Waals surface area contributed by atoms with Gasteiger partial charge in [0.15, 0.2) is 0 Å². The Bertz CT molecular complexity index is 1080.